The molecule has 19 heavy (non-hydrogen) atoms. The number of rotatable bonds is 6. The molecule has 8 heteroatoms. The molecule has 0 aliphatic rings. The standard InChI is InChI=1S/C11H15F2NO3S2/c1-14(5-6-18-2)19(16,17)10-4-3-9(12)8(7-15)11(10)13/h3-4,15H,5-7H2,1-2H3. The van der Waals surface area contributed by atoms with E-state index in [9.17, 15) is 17.2 Å². The summed E-state index contributed by atoms with van der Waals surface area (Å²) < 4.78 is 52.3. The topological polar surface area (TPSA) is 57.6 Å². The zero-order valence-electron chi connectivity index (χ0n) is 10.6. The first-order valence-electron chi connectivity index (χ1n) is 5.39. The normalized spacial score (nSPS) is 12.1. The Morgan fingerprint density at radius 2 is 2.00 bits per heavy atom. The summed E-state index contributed by atoms with van der Waals surface area (Å²) in [6.07, 6.45) is 1.82. The van der Waals surface area contributed by atoms with Gasteiger partial charge >= 0.3 is 0 Å². The molecule has 0 unspecified atom stereocenters. The molecule has 0 spiro atoms. The quantitative estimate of drug-likeness (QED) is 0.864. The molecule has 0 saturated carbocycles. The van der Waals surface area contributed by atoms with Gasteiger partial charge in [0.2, 0.25) is 10.0 Å². The molecular formula is C11H15F2NO3S2. The van der Waals surface area contributed by atoms with E-state index in [2.05, 4.69) is 0 Å². The molecule has 1 N–H and O–H groups in total. The molecule has 0 heterocycles. The van der Waals surface area contributed by atoms with E-state index in [0.29, 0.717) is 5.75 Å². The van der Waals surface area contributed by atoms with E-state index in [1.165, 1.54) is 18.8 Å². The molecule has 1 rings (SSSR count). The van der Waals surface area contributed by atoms with Gasteiger partial charge in [0.15, 0.2) is 5.82 Å². The lowest BCUT2D eigenvalue weighted by atomic mass is 10.2. The molecule has 1 aromatic rings. The van der Waals surface area contributed by atoms with E-state index in [1.807, 2.05) is 6.26 Å². The van der Waals surface area contributed by atoms with Crippen LogP contribution < -0.4 is 0 Å². The van der Waals surface area contributed by atoms with Gasteiger partial charge in [-0.3, -0.25) is 0 Å². The monoisotopic (exact) mass is 311 g/mol. The van der Waals surface area contributed by atoms with Gasteiger partial charge in [-0.1, -0.05) is 0 Å². The highest BCUT2D eigenvalue weighted by molar-refractivity contribution is 7.98. The van der Waals surface area contributed by atoms with Crippen LogP contribution in [-0.4, -0.2) is 43.4 Å². The SMILES string of the molecule is CSCCN(C)S(=O)(=O)c1ccc(F)c(CO)c1F. The van der Waals surface area contributed by atoms with Crippen molar-refractivity contribution in [3.63, 3.8) is 0 Å². The van der Waals surface area contributed by atoms with Crippen LogP contribution in [-0.2, 0) is 16.6 Å². The van der Waals surface area contributed by atoms with Gasteiger partial charge in [-0.05, 0) is 18.4 Å². The summed E-state index contributed by atoms with van der Waals surface area (Å²) in [5, 5.41) is 8.88. The third-order valence-corrected chi connectivity index (χ3v) is 5.07. The van der Waals surface area contributed by atoms with Crippen LogP contribution in [0.1, 0.15) is 5.56 Å². The average Bonchev–Trinajstić information content (AvgIpc) is 2.36. The van der Waals surface area contributed by atoms with Gasteiger partial charge in [-0.2, -0.15) is 11.8 Å². The maximum absolute atomic E-state index is 13.9. The second kappa shape index (κ2) is 6.65. The lowest BCUT2D eigenvalue weighted by Crippen LogP contribution is -2.30. The van der Waals surface area contributed by atoms with Crippen molar-refractivity contribution in [1.29, 1.82) is 0 Å². The number of aliphatic hydroxyl groups is 1. The molecule has 0 aliphatic carbocycles. The Labute approximate surface area is 115 Å². The number of halogens is 2. The van der Waals surface area contributed by atoms with Gasteiger partial charge in [0.25, 0.3) is 0 Å². The van der Waals surface area contributed by atoms with E-state index in [0.717, 1.165) is 16.4 Å². The summed E-state index contributed by atoms with van der Waals surface area (Å²) in [6.45, 7) is -0.676. The number of benzene rings is 1. The van der Waals surface area contributed by atoms with Crippen LogP contribution in [0.4, 0.5) is 8.78 Å². The van der Waals surface area contributed by atoms with E-state index in [-0.39, 0.29) is 6.54 Å². The van der Waals surface area contributed by atoms with Gasteiger partial charge in [0, 0.05) is 19.3 Å². The van der Waals surface area contributed by atoms with Gasteiger partial charge in [-0.15, -0.1) is 0 Å². The predicted octanol–water partition coefficient (Wildman–Crippen LogP) is 1.44. The van der Waals surface area contributed by atoms with Gasteiger partial charge in [0.05, 0.1) is 12.2 Å². The first-order chi connectivity index (χ1) is 8.86. The number of hydrogen-bond acceptors (Lipinski definition) is 4. The van der Waals surface area contributed by atoms with Crippen LogP contribution in [0.5, 0.6) is 0 Å². The Morgan fingerprint density at radius 1 is 1.37 bits per heavy atom. The van der Waals surface area contributed by atoms with E-state index >= 15 is 0 Å². The fourth-order valence-corrected chi connectivity index (χ4v) is 3.26. The Kier molecular flexibility index (Phi) is 5.72. The Bertz CT molecular complexity index is 549. The minimum atomic E-state index is -4.02. The third-order valence-electron chi connectivity index (χ3n) is 2.61. The van der Waals surface area contributed by atoms with Crippen molar-refractivity contribution in [2.75, 3.05) is 25.6 Å². The fourth-order valence-electron chi connectivity index (χ4n) is 1.43. The summed E-state index contributed by atoms with van der Waals surface area (Å²) in [7, 11) is -2.70. The van der Waals surface area contributed by atoms with E-state index < -0.39 is 38.7 Å². The van der Waals surface area contributed by atoms with Crippen LogP contribution in [0.25, 0.3) is 0 Å². The molecule has 0 aromatic heterocycles. The zero-order valence-corrected chi connectivity index (χ0v) is 12.2. The van der Waals surface area contributed by atoms with Crippen LogP contribution in [0, 0.1) is 11.6 Å². The highest BCUT2D eigenvalue weighted by atomic mass is 32.2. The minimum absolute atomic E-state index is 0.217. The lowest BCUT2D eigenvalue weighted by molar-refractivity contribution is 0.267. The van der Waals surface area contributed by atoms with Crippen molar-refractivity contribution >= 4 is 21.8 Å². The minimum Gasteiger partial charge on any atom is -0.391 e. The number of hydrogen-bond donors (Lipinski definition) is 1. The van der Waals surface area contributed by atoms with Crippen molar-refractivity contribution in [2.45, 2.75) is 11.5 Å². The first-order valence-corrected chi connectivity index (χ1v) is 8.22. The number of sulfonamides is 1. The highest BCUT2D eigenvalue weighted by Gasteiger charge is 2.26. The molecule has 0 atom stereocenters. The molecule has 0 saturated heterocycles. The van der Waals surface area contributed by atoms with Crippen LogP contribution in [0.15, 0.2) is 17.0 Å². The van der Waals surface area contributed by atoms with Crippen LogP contribution in [0.2, 0.25) is 0 Å². The predicted molar refractivity (Wildman–Crippen MR) is 70.5 cm³/mol. The van der Waals surface area contributed by atoms with Gasteiger partial charge in [0.1, 0.15) is 10.7 Å². The van der Waals surface area contributed by atoms with Crippen LogP contribution >= 0.6 is 11.8 Å². The molecule has 0 amide bonds. The van der Waals surface area contributed by atoms with Crippen molar-refractivity contribution in [3.05, 3.63) is 29.3 Å². The summed E-state index contributed by atoms with van der Waals surface area (Å²) >= 11 is 1.46. The number of thioether (sulfide) groups is 1. The van der Waals surface area contributed by atoms with Crippen molar-refractivity contribution in [3.8, 4) is 0 Å². The molecule has 0 aliphatic heterocycles. The fraction of sp³-hybridized carbons (Fsp3) is 0.455. The van der Waals surface area contributed by atoms with Gasteiger partial charge < -0.3 is 5.11 Å². The van der Waals surface area contributed by atoms with Crippen LogP contribution in [0.3, 0.4) is 0 Å². The smallest absolute Gasteiger partial charge is 0.245 e. The Morgan fingerprint density at radius 3 is 2.53 bits per heavy atom. The highest BCUT2D eigenvalue weighted by Crippen LogP contribution is 2.23. The van der Waals surface area contributed by atoms with E-state index in [4.69, 9.17) is 5.11 Å². The summed E-state index contributed by atoms with van der Waals surface area (Å²) in [4.78, 5) is -0.624. The summed E-state index contributed by atoms with van der Waals surface area (Å²) in [5.74, 6) is -1.64. The number of nitrogens with zero attached hydrogens (tertiary/aromatic N) is 1. The Hall–Kier alpha value is -0.700. The third kappa shape index (κ3) is 3.44. The second-order valence-corrected chi connectivity index (χ2v) is 6.81. The van der Waals surface area contributed by atoms with Crippen molar-refractivity contribution in [2.24, 2.45) is 0 Å². The number of aliphatic hydroxyl groups excluding tert-OH is 1. The van der Waals surface area contributed by atoms with Crippen molar-refractivity contribution < 1.29 is 22.3 Å². The zero-order chi connectivity index (χ0) is 14.6. The molecule has 4 nitrogen and oxygen atoms in total. The average molecular weight is 311 g/mol. The van der Waals surface area contributed by atoms with Gasteiger partial charge in [-0.25, -0.2) is 21.5 Å². The second-order valence-electron chi connectivity index (χ2n) is 3.82. The molecule has 1 aromatic carbocycles. The maximum Gasteiger partial charge on any atom is 0.245 e. The summed E-state index contributed by atoms with van der Waals surface area (Å²) in [6, 6.07) is 1.71. The largest absolute Gasteiger partial charge is 0.391 e. The van der Waals surface area contributed by atoms with E-state index in [1.54, 1.807) is 0 Å². The van der Waals surface area contributed by atoms with Crippen molar-refractivity contribution in [1.82, 2.24) is 4.31 Å². The maximum atomic E-state index is 13.9. The molecule has 0 bridgehead atoms. The summed E-state index contributed by atoms with van der Waals surface area (Å²) in [5.41, 5.74) is -0.639. The lowest BCUT2D eigenvalue weighted by Gasteiger charge is -2.17. The molecular weight excluding hydrogens is 296 g/mol. The Balaban J connectivity index is 3.22. The molecule has 0 radical (unpaired) electrons. The molecule has 0 fully saturated rings. The molecule has 108 valence electrons. The first kappa shape index (κ1) is 16.4.